The second-order valence-corrected chi connectivity index (χ2v) is 11.5. The number of hydrogen-bond acceptors (Lipinski definition) is 6. The minimum Gasteiger partial charge on any atom is -0.496 e. The molecule has 0 saturated heterocycles. The molecule has 0 N–H and O–H groups in total. The Morgan fingerprint density at radius 2 is 1.79 bits per heavy atom. The van der Waals surface area contributed by atoms with Crippen molar-refractivity contribution in [3.63, 3.8) is 0 Å². The Morgan fingerprint density at radius 3 is 2.53 bits per heavy atom. The van der Waals surface area contributed by atoms with E-state index in [9.17, 15) is 8.42 Å². The highest BCUT2D eigenvalue weighted by Gasteiger charge is 2.25. The number of likely N-dealkylation sites (N-methyl/N-ethyl adjacent to an activating group) is 1. The smallest absolute Gasteiger partial charge is 0.269 e. The van der Waals surface area contributed by atoms with Gasteiger partial charge in [0.15, 0.2) is 5.65 Å². The Balaban J connectivity index is 1.56. The topological polar surface area (TPSA) is 77.3 Å². The molecule has 0 bridgehead atoms. The van der Waals surface area contributed by atoms with Gasteiger partial charge in [-0.05, 0) is 67.4 Å². The maximum absolute atomic E-state index is 13.7. The maximum Gasteiger partial charge on any atom is 0.269 e. The minimum atomic E-state index is -3.90. The molecule has 1 aliphatic rings. The fourth-order valence-electron chi connectivity index (χ4n) is 5.02. The summed E-state index contributed by atoms with van der Waals surface area (Å²) in [6, 6.07) is 21.4. The molecular weight excluding hydrogens is 496 g/mol. The number of benzene rings is 3. The molecule has 7 nitrogen and oxygen atoms in total. The first-order chi connectivity index (χ1) is 18.3. The number of fused-ring (bicyclic) bond motifs is 2. The normalized spacial score (nSPS) is 14.0. The Hall–Kier alpha value is -4.01. The Labute approximate surface area is 222 Å². The quantitative estimate of drug-likeness (QED) is 0.319. The van der Waals surface area contributed by atoms with Crippen molar-refractivity contribution in [1.82, 2.24) is 18.8 Å². The summed E-state index contributed by atoms with van der Waals surface area (Å²) in [5.74, 6) is 0.839. The second kappa shape index (κ2) is 9.38. The zero-order valence-corrected chi connectivity index (χ0v) is 22.3. The van der Waals surface area contributed by atoms with Crippen LogP contribution in [-0.2, 0) is 23.0 Å². The maximum atomic E-state index is 13.7. The molecule has 38 heavy (non-hydrogen) atoms. The van der Waals surface area contributed by atoms with Crippen molar-refractivity contribution in [1.29, 1.82) is 0 Å². The number of hydrogen-bond donors (Lipinski definition) is 0. The van der Waals surface area contributed by atoms with Crippen LogP contribution in [0.15, 0.2) is 78.0 Å². The summed E-state index contributed by atoms with van der Waals surface area (Å²) in [6.45, 7) is 3.73. The van der Waals surface area contributed by atoms with Crippen molar-refractivity contribution >= 4 is 21.2 Å². The monoisotopic (exact) mass is 523 g/mol. The summed E-state index contributed by atoms with van der Waals surface area (Å²) in [5, 5.41) is 0. The lowest BCUT2D eigenvalue weighted by Crippen LogP contribution is -2.26. The molecule has 0 spiro atoms. The predicted molar refractivity (Wildman–Crippen MR) is 148 cm³/mol. The van der Waals surface area contributed by atoms with E-state index in [4.69, 9.17) is 9.72 Å². The third-order valence-corrected chi connectivity index (χ3v) is 8.74. The van der Waals surface area contributed by atoms with Gasteiger partial charge in [0, 0.05) is 30.4 Å². The lowest BCUT2D eigenvalue weighted by Gasteiger charge is -2.27. The lowest BCUT2D eigenvalue weighted by molar-refractivity contribution is 0.306. The van der Waals surface area contributed by atoms with Crippen LogP contribution in [0.4, 0.5) is 0 Å². The van der Waals surface area contributed by atoms with Gasteiger partial charge in [0.25, 0.3) is 10.0 Å². The molecule has 0 unspecified atom stereocenters. The second-order valence-electron chi connectivity index (χ2n) is 9.68. The van der Waals surface area contributed by atoms with Crippen LogP contribution in [0, 0.1) is 13.0 Å². The van der Waals surface area contributed by atoms with Crippen molar-refractivity contribution in [2.24, 2.45) is 0 Å². The Kier molecular flexibility index (Phi) is 6.01. The highest BCUT2D eigenvalue weighted by molar-refractivity contribution is 7.90. The summed E-state index contributed by atoms with van der Waals surface area (Å²) in [4.78, 5) is 12.1. The van der Waals surface area contributed by atoms with Crippen LogP contribution in [0.5, 0.6) is 5.75 Å². The van der Waals surface area contributed by atoms with Gasteiger partial charge in [-0.25, -0.2) is 22.4 Å². The highest BCUT2D eigenvalue weighted by atomic mass is 32.2. The van der Waals surface area contributed by atoms with E-state index in [2.05, 4.69) is 29.1 Å². The van der Waals surface area contributed by atoms with Crippen LogP contribution < -0.4 is 4.74 Å². The SMILES string of the molecule is COc1cc(-c2cnc3c(n2)c(-c2cc[c]cc2)cn3S(=O)(=O)c2ccc(C)cc2)cc2c1CCN(C)C2. The number of methoxy groups -OCH3 is 1. The van der Waals surface area contributed by atoms with Crippen molar-refractivity contribution in [2.75, 3.05) is 20.7 Å². The summed E-state index contributed by atoms with van der Waals surface area (Å²) >= 11 is 0. The summed E-state index contributed by atoms with van der Waals surface area (Å²) in [6.07, 6.45) is 4.18. The molecule has 6 rings (SSSR count). The number of aryl methyl sites for hydroxylation is 1. The number of rotatable bonds is 5. The van der Waals surface area contributed by atoms with Crippen molar-refractivity contribution < 1.29 is 13.2 Å². The third-order valence-electron chi connectivity index (χ3n) is 7.07. The van der Waals surface area contributed by atoms with E-state index in [-0.39, 0.29) is 10.5 Å². The van der Waals surface area contributed by atoms with Gasteiger partial charge in [-0.2, -0.15) is 0 Å². The summed E-state index contributed by atoms with van der Waals surface area (Å²) in [7, 11) is -0.101. The zero-order valence-electron chi connectivity index (χ0n) is 21.5. The largest absolute Gasteiger partial charge is 0.496 e. The highest BCUT2D eigenvalue weighted by Crippen LogP contribution is 2.36. The van der Waals surface area contributed by atoms with Crippen molar-refractivity contribution in [3.05, 3.63) is 95.8 Å². The van der Waals surface area contributed by atoms with Crippen molar-refractivity contribution in [3.8, 4) is 28.1 Å². The van der Waals surface area contributed by atoms with Crippen LogP contribution in [0.25, 0.3) is 33.5 Å². The Morgan fingerprint density at radius 1 is 1.03 bits per heavy atom. The predicted octanol–water partition coefficient (Wildman–Crippen LogP) is 5.11. The average molecular weight is 524 g/mol. The van der Waals surface area contributed by atoms with Crippen molar-refractivity contribution in [2.45, 2.75) is 24.8 Å². The van der Waals surface area contributed by atoms with E-state index in [0.29, 0.717) is 16.8 Å². The third kappa shape index (κ3) is 4.15. The molecular formula is C30H27N4O3S. The molecule has 0 saturated carbocycles. The Bertz CT molecular complexity index is 1760. The molecule has 0 aliphatic carbocycles. The summed E-state index contributed by atoms with van der Waals surface area (Å²) < 4.78 is 34.4. The van der Waals surface area contributed by atoms with Crippen LogP contribution in [0.1, 0.15) is 16.7 Å². The van der Waals surface area contributed by atoms with E-state index in [0.717, 1.165) is 42.0 Å². The van der Waals surface area contributed by atoms with Crippen LogP contribution >= 0.6 is 0 Å². The molecule has 0 atom stereocenters. The molecule has 3 aromatic carbocycles. The number of aromatic nitrogens is 3. The average Bonchev–Trinajstić information content (AvgIpc) is 3.33. The number of ether oxygens (including phenoxy) is 1. The first-order valence-corrected chi connectivity index (χ1v) is 13.8. The van der Waals surface area contributed by atoms with Gasteiger partial charge in [-0.1, -0.05) is 42.0 Å². The zero-order chi connectivity index (χ0) is 26.4. The minimum absolute atomic E-state index is 0.197. The van der Waals surface area contributed by atoms with Gasteiger partial charge in [0.1, 0.15) is 11.3 Å². The van der Waals surface area contributed by atoms with Crippen LogP contribution in [-0.4, -0.2) is 48.0 Å². The fraction of sp³-hybridized carbons (Fsp3) is 0.200. The molecule has 0 amide bonds. The van der Waals surface area contributed by atoms with Gasteiger partial charge in [-0.15, -0.1) is 0 Å². The van der Waals surface area contributed by atoms with Gasteiger partial charge in [0.2, 0.25) is 0 Å². The van der Waals surface area contributed by atoms with Gasteiger partial charge >= 0.3 is 0 Å². The molecule has 3 heterocycles. The lowest BCUT2D eigenvalue weighted by atomic mass is 9.95. The van der Waals surface area contributed by atoms with E-state index in [1.807, 2.05) is 25.1 Å². The van der Waals surface area contributed by atoms with Gasteiger partial charge in [0.05, 0.1) is 23.9 Å². The molecule has 191 valence electrons. The molecule has 5 aromatic rings. The fourth-order valence-corrected chi connectivity index (χ4v) is 6.33. The van der Waals surface area contributed by atoms with E-state index in [1.54, 1.807) is 55.9 Å². The van der Waals surface area contributed by atoms with Gasteiger partial charge < -0.3 is 9.64 Å². The molecule has 8 heteroatoms. The molecule has 1 radical (unpaired) electrons. The van der Waals surface area contributed by atoms with Crippen LogP contribution in [0.3, 0.4) is 0 Å². The van der Waals surface area contributed by atoms with E-state index >= 15 is 0 Å². The first kappa shape index (κ1) is 24.3. The molecule has 1 aliphatic heterocycles. The standard InChI is InChI=1S/C30H27N4O3S/c1-20-9-11-24(12-10-20)38(35,36)34-19-26(21-7-5-4-6-8-21)29-30(34)31-17-27(32-29)22-15-23-18-33(2)14-13-25(23)28(16-22)37-3/h5-12,15-17,19H,13-14,18H2,1-3H3. The summed E-state index contributed by atoms with van der Waals surface area (Å²) in [5.41, 5.74) is 7.26. The molecule has 0 fully saturated rings. The van der Waals surface area contributed by atoms with E-state index < -0.39 is 10.0 Å². The van der Waals surface area contributed by atoms with E-state index in [1.165, 1.54) is 15.1 Å². The number of nitrogens with zero attached hydrogens (tertiary/aromatic N) is 4. The first-order valence-electron chi connectivity index (χ1n) is 12.4. The molecule has 2 aromatic heterocycles. The van der Waals surface area contributed by atoms with Crippen LogP contribution in [0.2, 0.25) is 0 Å². The van der Waals surface area contributed by atoms with Gasteiger partial charge in [-0.3, -0.25) is 0 Å².